The number of amides is 3. The summed E-state index contributed by atoms with van der Waals surface area (Å²) < 4.78 is 62.7. The second kappa shape index (κ2) is 16.8. The number of hydrogen-bond acceptors (Lipinski definition) is 10. The fourth-order valence-electron chi connectivity index (χ4n) is 5.03. The van der Waals surface area contributed by atoms with Gasteiger partial charge in [0.25, 0.3) is 5.91 Å². The molecule has 5 heterocycles. The summed E-state index contributed by atoms with van der Waals surface area (Å²) in [6, 6.07) is 15.5. The highest BCUT2D eigenvalue weighted by Gasteiger charge is 2.30. The first kappa shape index (κ1) is 38.5. The minimum absolute atomic E-state index is 0.0802. The summed E-state index contributed by atoms with van der Waals surface area (Å²) in [4.78, 5) is 53.0. The number of anilines is 4. The molecule has 4 aromatic rings. The molecular formula is C35H35ClF4N8O5. The van der Waals surface area contributed by atoms with E-state index in [-0.39, 0.29) is 55.4 Å². The van der Waals surface area contributed by atoms with Gasteiger partial charge in [-0.1, -0.05) is 31.5 Å². The molecule has 18 heteroatoms. The number of rotatable bonds is 3. The molecule has 4 N–H and O–H groups in total. The second-order valence-electron chi connectivity index (χ2n) is 12.7. The Kier molecular flexibility index (Phi) is 12.2. The van der Waals surface area contributed by atoms with E-state index >= 15 is 0 Å². The van der Waals surface area contributed by atoms with E-state index in [1.807, 2.05) is 13.8 Å². The lowest BCUT2D eigenvalue weighted by molar-refractivity contribution is -0.154. The van der Waals surface area contributed by atoms with Gasteiger partial charge in [0.05, 0.1) is 11.6 Å². The lowest BCUT2D eigenvalue weighted by atomic mass is 9.92. The first-order chi connectivity index (χ1) is 25.1. The molecule has 0 saturated carbocycles. The first-order valence-electron chi connectivity index (χ1n) is 16.2. The van der Waals surface area contributed by atoms with Crippen LogP contribution >= 0.6 is 11.6 Å². The van der Waals surface area contributed by atoms with Crippen molar-refractivity contribution in [3.8, 4) is 11.8 Å². The first-order valence-corrected chi connectivity index (χ1v) is 16.6. The van der Waals surface area contributed by atoms with E-state index in [2.05, 4.69) is 36.2 Å². The molecule has 0 fully saturated rings. The van der Waals surface area contributed by atoms with Crippen LogP contribution in [0.5, 0.6) is 11.8 Å². The van der Waals surface area contributed by atoms with Gasteiger partial charge >= 0.3 is 24.0 Å². The third-order valence-corrected chi connectivity index (χ3v) is 7.89. The molecule has 6 bridgehead atoms. The van der Waals surface area contributed by atoms with E-state index in [9.17, 15) is 31.9 Å². The van der Waals surface area contributed by atoms with E-state index in [1.165, 1.54) is 29.2 Å². The second-order valence-corrected chi connectivity index (χ2v) is 13.1. The molecule has 3 amide bonds. The van der Waals surface area contributed by atoms with Gasteiger partial charge in [0.2, 0.25) is 11.9 Å². The minimum atomic E-state index is -4.63. The molecule has 53 heavy (non-hydrogen) atoms. The van der Waals surface area contributed by atoms with Crippen molar-refractivity contribution >= 4 is 52.6 Å². The number of hydrogen-bond donors (Lipinski definition) is 4. The van der Waals surface area contributed by atoms with Crippen LogP contribution in [0.4, 0.5) is 40.8 Å². The smallest absolute Gasteiger partial charge is 0.422 e. The minimum Gasteiger partial charge on any atom is -0.492 e. The number of ether oxygens (including phenoxy) is 2. The highest BCUT2D eigenvalue weighted by atomic mass is 35.5. The average Bonchev–Trinajstić information content (AvgIpc) is 3.11. The number of benzene rings is 3. The molecular weight excluding hydrogens is 724 g/mol. The standard InChI is InChI=1S/C35H35ClF4N8O5/c1-34(2)18-42-28(49)22-5-9-25(10-6-22)44-32-45-31(46-33(47-32)53-20-35(38,39)40)41-17-21-4-13-27(26(36)16-21)52-15-3-14-48(19-34)30(51)29(50)43-24-11-7-23(37)8-12-24/h4-13,16H,3,14-15,17-20H2,1-2H3,(H,42,49)(H,43,50)(H2,41,44,45,46,47). The summed E-state index contributed by atoms with van der Waals surface area (Å²) >= 11 is 6.49. The number of nitrogens with one attached hydrogen (secondary N) is 4. The van der Waals surface area contributed by atoms with Crippen LogP contribution in [0.2, 0.25) is 5.02 Å². The van der Waals surface area contributed by atoms with Crippen molar-refractivity contribution in [3.63, 3.8) is 0 Å². The molecule has 4 aliphatic rings. The maximum atomic E-state index is 13.4. The van der Waals surface area contributed by atoms with Crippen LogP contribution in [0, 0.1) is 11.2 Å². The number of nitrogens with zero attached hydrogens (tertiary/aromatic N) is 4. The Labute approximate surface area is 306 Å². The van der Waals surface area contributed by atoms with E-state index in [4.69, 9.17) is 21.1 Å². The van der Waals surface area contributed by atoms with E-state index in [0.29, 0.717) is 29.0 Å². The summed E-state index contributed by atoms with van der Waals surface area (Å²) in [6.07, 6.45) is -4.32. The summed E-state index contributed by atoms with van der Waals surface area (Å²) in [6.45, 7) is 2.58. The Bertz CT molecular complexity index is 1930. The molecule has 1 aromatic heterocycles. The number of halogens is 5. The van der Waals surface area contributed by atoms with Gasteiger partial charge in [0.1, 0.15) is 11.6 Å². The van der Waals surface area contributed by atoms with Crippen molar-refractivity contribution in [1.82, 2.24) is 25.2 Å². The van der Waals surface area contributed by atoms with Crippen LogP contribution in [-0.2, 0) is 16.1 Å². The zero-order valence-corrected chi connectivity index (χ0v) is 29.3. The molecule has 0 spiro atoms. The Balaban J connectivity index is 1.38. The van der Waals surface area contributed by atoms with Gasteiger partial charge in [0.15, 0.2) is 6.61 Å². The number of carbonyl (C=O) groups is 3. The fraction of sp³-hybridized carbons (Fsp3) is 0.314. The third-order valence-electron chi connectivity index (χ3n) is 7.59. The predicted octanol–water partition coefficient (Wildman–Crippen LogP) is 5.97. The van der Waals surface area contributed by atoms with E-state index < -0.39 is 47.7 Å². The maximum Gasteiger partial charge on any atom is 0.422 e. The quantitative estimate of drug-likeness (QED) is 0.145. The van der Waals surface area contributed by atoms with Crippen molar-refractivity contribution in [2.24, 2.45) is 5.41 Å². The van der Waals surface area contributed by atoms with E-state index in [0.717, 1.165) is 12.1 Å². The maximum absolute atomic E-state index is 13.4. The monoisotopic (exact) mass is 758 g/mol. The van der Waals surface area contributed by atoms with Gasteiger partial charge in [-0.25, -0.2) is 4.39 Å². The molecule has 0 saturated heterocycles. The van der Waals surface area contributed by atoms with Crippen LogP contribution in [0.25, 0.3) is 0 Å². The highest BCUT2D eigenvalue weighted by molar-refractivity contribution is 6.39. The third kappa shape index (κ3) is 11.6. The molecule has 0 unspecified atom stereocenters. The van der Waals surface area contributed by atoms with Gasteiger partial charge < -0.3 is 35.6 Å². The van der Waals surface area contributed by atoms with Crippen LogP contribution < -0.4 is 30.7 Å². The van der Waals surface area contributed by atoms with E-state index in [1.54, 1.807) is 30.3 Å². The molecule has 13 nitrogen and oxygen atoms in total. The SMILES string of the molecule is CC1(C)CNC(=O)c2ccc(cc2)Nc2nc(nc(OCC(F)(F)F)n2)NCc2ccc(c(Cl)c2)OCCCN(C(=O)C(=O)Nc2ccc(F)cc2)C1. The summed E-state index contributed by atoms with van der Waals surface area (Å²) in [5.41, 5.74) is 0.889. The van der Waals surface area contributed by atoms with Crippen LogP contribution in [-0.4, -0.2) is 76.6 Å². The number of aromatic nitrogens is 3. The van der Waals surface area contributed by atoms with Crippen LogP contribution in [0.3, 0.4) is 0 Å². The molecule has 4 aliphatic heterocycles. The number of carbonyl (C=O) groups excluding carboxylic acids is 3. The summed E-state index contributed by atoms with van der Waals surface area (Å²) in [7, 11) is 0. The fourth-order valence-corrected chi connectivity index (χ4v) is 5.29. The molecule has 3 aromatic carbocycles. The molecule has 8 rings (SSSR count). The van der Waals surface area contributed by atoms with Gasteiger partial charge in [-0.15, -0.1) is 0 Å². The average molecular weight is 759 g/mol. The molecule has 0 atom stereocenters. The lowest BCUT2D eigenvalue weighted by Gasteiger charge is -2.32. The molecule has 0 radical (unpaired) electrons. The van der Waals surface area contributed by atoms with Crippen molar-refractivity contribution in [2.75, 3.05) is 48.8 Å². The van der Waals surface area contributed by atoms with Gasteiger partial charge in [-0.3, -0.25) is 14.4 Å². The van der Waals surface area contributed by atoms with Crippen molar-refractivity contribution in [2.45, 2.75) is 33.0 Å². The summed E-state index contributed by atoms with van der Waals surface area (Å²) in [5.74, 6) is -2.52. The largest absolute Gasteiger partial charge is 0.492 e. The highest BCUT2D eigenvalue weighted by Crippen LogP contribution is 2.27. The van der Waals surface area contributed by atoms with Gasteiger partial charge in [-0.2, -0.15) is 28.1 Å². The van der Waals surface area contributed by atoms with Gasteiger partial charge in [-0.05, 0) is 78.1 Å². The lowest BCUT2D eigenvalue weighted by Crippen LogP contribution is -2.48. The Morgan fingerprint density at radius 2 is 1.72 bits per heavy atom. The zero-order chi connectivity index (χ0) is 38.2. The predicted molar refractivity (Wildman–Crippen MR) is 188 cm³/mol. The Morgan fingerprint density at radius 3 is 2.42 bits per heavy atom. The molecule has 0 aliphatic carbocycles. The van der Waals surface area contributed by atoms with Crippen LogP contribution in [0.15, 0.2) is 66.7 Å². The number of alkyl halides is 3. The normalized spacial score (nSPS) is 15.2. The van der Waals surface area contributed by atoms with Crippen molar-refractivity contribution < 1.29 is 41.4 Å². The van der Waals surface area contributed by atoms with Crippen LogP contribution in [0.1, 0.15) is 36.2 Å². The summed E-state index contributed by atoms with van der Waals surface area (Å²) in [5, 5.41) is 11.4. The van der Waals surface area contributed by atoms with Crippen molar-refractivity contribution in [3.05, 3.63) is 88.7 Å². The molecule has 280 valence electrons. The topological polar surface area (TPSA) is 160 Å². The van der Waals surface area contributed by atoms with Crippen molar-refractivity contribution in [1.29, 1.82) is 0 Å². The Morgan fingerprint density at radius 1 is 1.00 bits per heavy atom. The zero-order valence-electron chi connectivity index (χ0n) is 28.5. The Hall–Kier alpha value is -5.71. The van der Waals surface area contributed by atoms with Gasteiger partial charge in [0, 0.05) is 43.1 Å².